The maximum Gasteiger partial charge on any atom is 0.0619 e. The van der Waals surface area contributed by atoms with Crippen molar-refractivity contribution in [3.05, 3.63) is 11.6 Å². The monoisotopic (exact) mass is 442 g/mol. The first-order valence-electron chi connectivity index (χ1n) is 14.3. The Morgan fingerprint density at radius 2 is 1.72 bits per heavy atom. The van der Waals surface area contributed by atoms with Crippen molar-refractivity contribution in [1.82, 2.24) is 0 Å². The summed E-state index contributed by atoms with van der Waals surface area (Å²) < 4.78 is 6.44. The van der Waals surface area contributed by atoms with Crippen LogP contribution in [0.2, 0.25) is 0 Å². The number of rotatable bonds is 6. The predicted octanol–water partition coefficient (Wildman–Crippen LogP) is 9.21. The molecule has 0 N–H and O–H groups in total. The summed E-state index contributed by atoms with van der Waals surface area (Å²) in [6.45, 7) is 19.4. The molecule has 3 fully saturated rings. The molecule has 1 nitrogen and oxygen atoms in total. The summed E-state index contributed by atoms with van der Waals surface area (Å²) in [5, 5.41) is 0. The topological polar surface area (TPSA) is 9.23 Å². The largest absolute Gasteiger partial charge is 0.372 e. The van der Waals surface area contributed by atoms with Crippen LogP contribution in [-0.4, -0.2) is 11.7 Å². The number of ether oxygens (including phenoxy) is 1. The van der Waals surface area contributed by atoms with E-state index in [-0.39, 0.29) is 5.60 Å². The Balaban J connectivity index is 1.46. The summed E-state index contributed by atoms with van der Waals surface area (Å²) >= 11 is 0. The van der Waals surface area contributed by atoms with Crippen LogP contribution in [0, 0.1) is 46.3 Å². The number of allylic oxidation sites excluding steroid dienone is 1. The summed E-state index contributed by atoms with van der Waals surface area (Å²) in [5.74, 6) is 5.57. The van der Waals surface area contributed by atoms with E-state index in [1.807, 2.05) is 0 Å². The minimum Gasteiger partial charge on any atom is -0.372 e. The van der Waals surface area contributed by atoms with Gasteiger partial charge in [-0.1, -0.05) is 65.5 Å². The lowest BCUT2D eigenvalue weighted by Crippen LogP contribution is -2.51. The smallest absolute Gasteiger partial charge is 0.0619 e. The molecule has 0 heterocycles. The highest BCUT2D eigenvalue weighted by Gasteiger charge is 2.59. The van der Waals surface area contributed by atoms with Gasteiger partial charge in [-0.2, -0.15) is 0 Å². The zero-order valence-corrected chi connectivity index (χ0v) is 22.8. The fraction of sp³-hybridized carbons (Fsp3) is 0.935. The van der Waals surface area contributed by atoms with Crippen LogP contribution in [0.25, 0.3) is 0 Å². The van der Waals surface area contributed by atoms with Crippen molar-refractivity contribution in [2.24, 2.45) is 46.3 Å². The number of hydrogen-bond donors (Lipinski definition) is 0. The highest BCUT2D eigenvalue weighted by atomic mass is 16.5. The van der Waals surface area contributed by atoms with E-state index in [1.165, 1.54) is 70.6 Å². The number of fused-ring (bicyclic) bond motifs is 5. The summed E-state index contributed by atoms with van der Waals surface area (Å²) in [6.07, 6.45) is 18.6. The van der Waals surface area contributed by atoms with Crippen LogP contribution in [0.15, 0.2) is 11.6 Å². The molecule has 0 amide bonds. The van der Waals surface area contributed by atoms with E-state index >= 15 is 0 Å². The Hall–Kier alpha value is -0.300. The minimum absolute atomic E-state index is 0.0203. The van der Waals surface area contributed by atoms with Crippen LogP contribution >= 0.6 is 0 Å². The van der Waals surface area contributed by atoms with Crippen LogP contribution in [0.4, 0.5) is 0 Å². The summed E-state index contributed by atoms with van der Waals surface area (Å²) in [7, 11) is 0. The fourth-order valence-corrected chi connectivity index (χ4v) is 9.25. The molecule has 4 rings (SSSR count). The quantitative estimate of drug-likeness (QED) is 0.372. The molecule has 4 aliphatic carbocycles. The highest BCUT2D eigenvalue weighted by molar-refractivity contribution is 5.25. The zero-order chi connectivity index (χ0) is 23.3. The Labute approximate surface area is 200 Å². The van der Waals surface area contributed by atoms with Gasteiger partial charge in [-0.3, -0.25) is 0 Å². The SMILES string of the molecule is CC(C)CCC[C@@H](C)[C@H]1CC[C@H]2[C@@H]3CC=C4C[C@@H](OC(C)(C)C)CC[C@]4(C)[C@H]3CC[C@]12C. The Morgan fingerprint density at radius 1 is 0.969 bits per heavy atom. The third-order valence-electron chi connectivity index (χ3n) is 10.8. The van der Waals surface area contributed by atoms with Gasteiger partial charge in [0, 0.05) is 0 Å². The average molecular weight is 443 g/mol. The first-order valence-corrected chi connectivity index (χ1v) is 14.3. The van der Waals surface area contributed by atoms with Crippen LogP contribution in [0.3, 0.4) is 0 Å². The van der Waals surface area contributed by atoms with E-state index in [2.05, 4.69) is 61.5 Å². The van der Waals surface area contributed by atoms with Crippen molar-refractivity contribution in [3.8, 4) is 0 Å². The molecule has 0 unspecified atom stereocenters. The van der Waals surface area contributed by atoms with Gasteiger partial charge in [0.05, 0.1) is 11.7 Å². The van der Waals surface area contributed by atoms with Gasteiger partial charge < -0.3 is 4.74 Å². The lowest BCUT2D eigenvalue weighted by Gasteiger charge is -2.58. The van der Waals surface area contributed by atoms with Gasteiger partial charge in [0.15, 0.2) is 0 Å². The lowest BCUT2D eigenvalue weighted by molar-refractivity contribution is -0.0955. The molecule has 0 bridgehead atoms. The molecular formula is C31H54O. The molecule has 0 spiro atoms. The second-order valence-electron chi connectivity index (χ2n) is 14.4. The first kappa shape index (κ1) is 24.8. The fourth-order valence-electron chi connectivity index (χ4n) is 9.25. The van der Waals surface area contributed by atoms with Crippen molar-refractivity contribution in [1.29, 1.82) is 0 Å². The van der Waals surface area contributed by atoms with Crippen molar-refractivity contribution in [2.75, 3.05) is 0 Å². The van der Waals surface area contributed by atoms with Crippen LogP contribution in [-0.2, 0) is 4.74 Å². The molecule has 32 heavy (non-hydrogen) atoms. The van der Waals surface area contributed by atoms with Gasteiger partial charge in [0.2, 0.25) is 0 Å². The van der Waals surface area contributed by atoms with Crippen LogP contribution in [0.1, 0.15) is 126 Å². The number of hydrogen-bond acceptors (Lipinski definition) is 1. The van der Waals surface area contributed by atoms with Crippen molar-refractivity contribution < 1.29 is 4.74 Å². The lowest BCUT2D eigenvalue weighted by atomic mass is 9.47. The van der Waals surface area contributed by atoms with E-state index in [1.54, 1.807) is 5.57 Å². The highest BCUT2D eigenvalue weighted by Crippen LogP contribution is 2.67. The molecule has 3 saturated carbocycles. The van der Waals surface area contributed by atoms with Gasteiger partial charge in [0.25, 0.3) is 0 Å². The molecule has 1 heteroatoms. The van der Waals surface area contributed by atoms with Crippen molar-refractivity contribution >= 4 is 0 Å². The van der Waals surface area contributed by atoms with Gasteiger partial charge in [-0.15, -0.1) is 0 Å². The van der Waals surface area contributed by atoms with Crippen LogP contribution in [0.5, 0.6) is 0 Å². The molecule has 4 aliphatic rings. The summed E-state index contributed by atoms with van der Waals surface area (Å²) in [5.41, 5.74) is 2.79. The van der Waals surface area contributed by atoms with E-state index in [9.17, 15) is 0 Å². The maximum atomic E-state index is 6.44. The van der Waals surface area contributed by atoms with Gasteiger partial charge in [-0.05, 0) is 118 Å². The predicted molar refractivity (Wildman–Crippen MR) is 138 cm³/mol. The van der Waals surface area contributed by atoms with Crippen molar-refractivity contribution in [2.45, 2.75) is 138 Å². The van der Waals surface area contributed by atoms with Gasteiger partial charge >= 0.3 is 0 Å². The molecule has 0 aromatic heterocycles. The molecule has 0 saturated heterocycles. The third kappa shape index (κ3) is 4.63. The third-order valence-corrected chi connectivity index (χ3v) is 10.8. The normalized spacial score (nSPS) is 42.8. The Bertz CT molecular complexity index is 683. The van der Waals surface area contributed by atoms with E-state index in [0.29, 0.717) is 16.9 Å². The van der Waals surface area contributed by atoms with E-state index < -0.39 is 0 Å². The first-order chi connectivity index (χ1) is 14.9. The molecule has 0 radical (unpaired) electrons. The maximum absolute atomic E-state index is 6.44. The molecule has 0 aromatic carbocycles. The second-order valence-corrected chi connectivity index (χ2v) is 14.4. The molecule has 0 aliphatic heterocycles. The van der Waals surface area contributed by atoms with Crippen LogP contribution < -0.4 is 0 Å². The van der Waals surface area contributed by atoms with Crippen molar-refractivity contribution in [3.63, 3.8) is 0 Å². The van der Waals surface area contributed by atoms with E-state index in [0.717, 1.165) is 35.5 Å². The average Bonchev–Trinajstić information content (AvgIpc) is 3.04. The summed E-state index contributed by atoms with van der Waals surface area (Å²) in [6, 6.07) is 0. The molecule has 0 aromatic rings. The van der Waals surface area contributed by atoms with Gasteiger partial charge in [0.1, 0.15) is 0 Å². The standard InChI is InChI=1S/C31H54O/c1-21(2)10-9-11-22(3)26-14-15-27-25-13-12-23-20-24(32-29(4,5)6)16-18-30(23,7)28(25)17-19-31(26,27)8/h12,21-22,24-28H,9-11,13-20H2,1-8H3/t22-,24+,25+,26-,27+,28+,30+,31-/m1/s1. The van der Waals surface area contributed by atoms with Gasteiger partial charge in [-0.25, -0.2) is 0 Å². The Morgan fingerprint density at radius 3 is 2.41 bits per heavy atom. The molecule has 8 atom stereocenters. The van der Waals surface area contributed by atoms with E-state index in [4.69, 9.17) is 4.74 Å². The second kappa shape index (κ2) is 9.05. The molecule has 184 valence electrons. The summed E-state index contributed by atoms with van der Waals surface area (Å²) in [4.78, 5) is 0. The minimum atomic E-state index is -0.0203. The molecular weight excluding hydrogens is 388 g/mol. The Kier molecular flexibility index (Phi) is 7.02. The zero-order valence-electron chi connectivity index (χ0n) is 22.8.